The van der Waals surface area contributed by atoms with Crippen LogP contribution in [0.2, 0.25) is 19.6 Å². The van der Waals surface area contributed by atoms with Crippen LogP contribution in [0.15, 0.2) is 121 Å². The van der Waals surface area contributed by atoms with Crippen LogP contribution in [0.3, 0.4) is 0 Å². The SMILES string of the molecule is CN(C(=O)[C@H](Cc1ccccc1)NC(=O)OC(C)(C)C)[C@@H](Cc1ccccc1)C(=O)N[C@@H](Cc1ccccc1)C(=O)N[C@@H](Cc1ccccc1)C(=O)O[Si](C)(C)C. The lowest BCUT2D eigenvalue weighted by atomic mass is 9.99. The third-order valence-electron chi connectivity index (χ3n) is 8.87. The van der Waals surface area contributed by atoms with E-state index in [0.717, 1.165) is 22.3 Å². The minimum absolute atomic E-state index is 0.103. The van der Waals surface area contributed by atoms with Gasteiger partial charge in [0.05, 0.1) is 0 Å². The third kappa shape index (κ3) is 15.0. The van der Waals surface area contributed by atoms with Gasteiger partial charge in [-0.15, -0.1) is 0 Å². The lowest BCUT2D eigenvalue weighted by Crippen LogP contribution is -2.59. The summed E-state index contributed by atoms with van der Waals surface area (Å²) in [6.45, 7) is 10.9. The number of ether oxygens (including phenoxy) is 1. The van der Waals surface area contributed by atoms with Crippen molar-refractivity contribution < 1.29 is 33.1 Å². The number of alkyl carbamates (subject to hydrolysis) is 1. The Labute approximate surface area is 337 Å². The molecule has 0 spiro atoms. The zero-order valence-electron chi connectivity index (χ0n) is 34.0. The van der Waals surface area contributed by atoms with Crippen LogP contribution in [0, 0.1) is 0 Å². The molecule has 0 heterocycles. The van der Waals surface area contributed by atoms with Crippen molar-refractivity contribution in [3.05, 3.63) is 144 Å². The molecule has 0 saturated carbocycles. The van der Waals surface area contributed by atoms with E-state index in [0.29, 0.717) is 0 Å². The maximum absolute atomic E-state index is 14.6. The highest BCUT2D eigenvalue weighted by atomic mass is 28.4. The first-order valence-electron chi connectivity index (χ1n) is 19.2. The number of carbonyl (C=O) groups excluding carboxylic acids is 5. The Bertz CT molecular complexity index is 1920. The smallest absolute Gasteiger partial charge is 0.408 e. The number of benzene rings is 4. The molecule has 0 aliphatic rings. The lowest BCUT2D eigenvalue weighted by molar-refractivity contribution is -0.142. The minimum atomic E-state index is -2.34. The average molecular weight is 793 g/mol. The summed E-state index contributed by atoms with van der Waals surface area (Å²) >= 11 is 0. The van der Waals surface area contributed by atoms with Gasteiger partial charge in [0, 0.05) is 32.7 Å². The second kappa shape index (κ2) is 20.4. The molecule has 302 valence electrons. The Hall–Kier alpha value is -5.75. The van der Waals surface area contributed by atoms with Crippen LogP contribution in [0.5, 0.6) is 0 Å². The Balaban J connectivity index is 1.67. The first-order chi connectivity index (χ1) is 27.0. The molecule has 0 aliphatic heterocycles. The van der Waals surface area contributed by atoms with Crippen molar-refractivity contribution in [3.8, 4) is 0 Å². The Morgan fingerprint density at radius 3 is 1.37 bits per heavy atom. The van der Waals surface area contributed by atoms with E-state index in [9.17, 15) is 24.0 Å². The van der Waals surface area contributed by atoms with Crippen LogP contribution < -0.4 is 16.0 Å². The van der Waals surface area contributed by atoms with E-state index in [4.69, 9.17) is 9.16 Å². The van der Waals surface area contributed by atoms with E-state index in [2.05, 4.69) is 16.0 Å². The third-order valence-corrected chi connectivity index (χ3v) is 9.68. The fraction of sp³-hybridized carbons (Fsp3) is 0.356. The van der Waals surface area contributed by atoms with Crippen LogP contribution in [0.25, 0.3) is 0 Å². The van der Waals surface area contributed by atoms with Gasteiger partial charge in [-0.1, -0.05) is 121 Å². The molecule has 4 atom stereocenters. The maximum atomic E-state index is 14.6. The molecule has 0 fully saturated rings. The summed E-state index contributed by atoms with van der Waals surface area (Å²) in [7, 11) is -0.827. The molecule has 4 rings (SSSR count). The molecule has 0 radical (unpaired) electrons. The predicted molar refractivity (Wildman–Crippen MR) is 224 cm³/mol. The number of hydrogen-bond acceptors (Lipinski definition) is 7. The molecule has 4 amide bonds. The van der Waals surface area contributed by atoms with E-state index < -0.39 is 67.9 Å². The van der Waals surface area contributed by atoms with Gasteiger partial charge < -0.3 is 30.0 Å². The van der Waals surface area contributed by atoms with E-state index in [1.165, 1.54) is 11.9 Å². The number of rotatable bonds is 17. The molecule has 0 aliphatic carbocycles. The van der Waals surface area contributed by atoms with Crippen molar-refractivity contribution in [2.24, 2.45) is 0 Å². The zero-order chi connectivity index (χ0) is 41.6. The fourth-order valence-electron chi connectivity index (χ4n) is 6.16. The van der Waals surface area contributed by atoms with Gasteiger partial charge in [-0.3, -0.25) is 19.2 Å². The summed E-state index contributed by atoms with van der Waals surface area (Å²) in [5, 5.41) is 8.56. The maximum Gasteiger partial charge on any atom is 0.408 e. The lowest BCUT2D eigenvalue weighted by Gasteiger charge is -2.33. The number of nitrogens with zero attached hydrogens (tertiary/aromatic N) is 1. The summed E-state index contributed by atoms with van der Waals surface area (Å²) in [6, 6.07) is 32.7. The monoisotopic (exact) mass is 792 g/mol. The van der Waals surface area contributed by atoms with E-state index in [1.54, 1.807) is 20.8 Å². The van der Waals surface area contributed by atoms with Gasteiger partial charge >= 0.3 is 12.1 Å². The number of amides is 4. The van der Waals surface area contributed by atoms with Gasteiger partial charge in [-0.25, -0.2) is 4.79 Å². The highest BCUT2D eigenvalue weighted by molar-refractivity contribution is 6.71. The highest BCUT2D eigenvalue weighted by Crippen LogP contribution is 2.16. The minimum Gasteiger partial charge on any atom is -0.518 e. The zero-order valence-corrected chi connectivity index (χ0v) is 35.0. The van der Waals surface area contributed by atoms with Crippen LogP contribution in [-0.4, -0.2) is 79.8 Å². The Morgan fingerprint density at radius 1 is 0.561 bits per heavy atom. The van der Waals surface area contributed by atoms with Gasteiger partial charge in [0.2, 0.25) is 26.0 Å². The molecular formula is C45H56N4O7Si. The molecule has 3 N–H and O–H groups in total. The van der Waals surface area contributed by atoms with Gasteiger partial charge in [0.25, 0.3) is 0 Å². The van der Waals surface area contributed by atoms with Gasteiger partial charge in [0.1, 0.15) is 29.8 Å². The normalized spacial score (nSPS) is 13.5. The molecule has 4 aromatic carbocycles. The standard InChI is InChI=1S/C45H56N4O7Si/c1-45(2,3)55-44(54)48-37(29-33-22-14-9-15-23-33)42(52)49(4)39(31-35-26-18-11-19-27-35)41(51)46-36(28-32-20-12-8-13-21-32)40(50)47-38(43(53)56-57(5,6)7)30-34-24-16-10-17-25-34/h8-27,36-39H,28-31H2,1-7H3,(H,46,51)(H,47,50)(H,48,54)/t36-,37-,38-,39-/m0/s1. The van der Waals surface area contributed by atoms with Gasteiger partial charge in [-0.2, -0.15) is 0 Å². The van der Waals surface area contributed by atoms with Crippen LogP contribution >= 0.6 is 0 Å². The second-order valence-electron chi connectivity index (χ2n) is 16.1. The summed E-state index contributed by atoms with van der Waals surface area (Å²) in [4.78, 5) is 71.3. The summed E-state index contributed by atoms with van der Waals surface area (Å²) < 4.78 is 11.4. The van der Waals surface area contributed by atoms with Crippen LogP contribution in [-0.2, 0) is 54.0 Å². The molecular weight excluding hydrogens is 737 g/mol. The Kier molecular flexibility index (Phi) is 15.8. The summed E-state index contributed by atoms with van der Waals surface area (Å²) in [5.41, 5.74) is 2.36. The highest BCUT2D eigenvalue weighted by Gasteiger charge is 2.36. The number of carbonyl (C=O) groups is 5. The van der Waals surface area contributed by atoms with E-state index in [-0.39, 0.29) is 25.7 Å². The molecule has 0 saturated heterocycles. The van der Waals surface area contributed by atoms with E-state index in [1.807, 2.05) is 141 Å². The van der Waals surface area contributed by atoms with Crippen molar-refractivity contribution in [2.45, 2.75) is 95.9 Å². The first-order valence-corrected chi connectivity index (χ1v) is 22.6. The average Bonchev–Trinajstić information content (AvgIpc) is 3.15. The topological polar surface area (TPSA) is 143 Å². The van der Waals surface area contributed by atoms with Crippen molar-refractivity contribution >= 4 is 38.1 Å². The van der Waals surface area contributed by atoms with Crippen LogP contribution in [0.1, 0.15) is 43.0 Å². The quantitative estimate of drug-likeness (QED) is 0.111. The number of nitrogens with one attached hydrogen (secondary N) is 3. The molecule has 0 bridgehead atoms. The van der Waals surface area contributed by atoms with Crippen molar-refractivity contribution in [1.82, 2.24) is 20.9 Å². The first kappa shape index (κ1) is 44.0. The molecule has 11 nitrogen and oxygen atoms in total. The molecule has 4 aromatic rings. The Morgan fingerprint density at radius 2 is 0.947 bits per heavy atom. The van der Waals surface area contributed by atoms with Crippen molar-refractivity contribution in [2.75, 3.05) is 7.05 Å². The van der Waals surface area contributed by atoms with Gasteiger partial charge in [-0.05, 0) is 62.7 Å². The molecule has 0 aromatic heterocycles. The summed E-state index contributed by atoms with van der Waals surface area (Å²) in [5.74, 6) is -2.25. The second-order valence-corrected chi connectivity index (χ2v) is 20.5. The van der Waals surface area contributed by atoms with Crippen LogP contribution in [0.4, 0.5) is 4.79 Å². The largest absolute Gasteiger partial charge is 0.518 e. The fourth-order valence-corrected chi connectivity index (χ4v) is 6.90. The van der Waals surface area contributed by atoms with Crippen molar-refractivity contribution in [1.29, 1.82) is 0 Å². The number of hydrogen-bond donors (Lipinski definition) is 3. The summed E-state index contributed by atoms with van der Waals surface area (Å²) in [6.07, 6.45) is -0.238. The molecule has 12 heteroatoms. The van der Waals surface area contributed by atoms with E-state index >= 15 is 0 Å². The van der Waals surface area contributed by atoms with Crippen molar-refractivity contribution in [3.63, 3.8) is 0 Å². The number of likely N-dealkylation sites (N-methyl/N-ethyl adjacent to an activating group) is 1. The van der Waals surface area contributed by atoms with Gasteiger partial charge in [0.15, 0.2) is 0 Å². The molecule has 0 unspecified atom stereocenters. The predicted octanol–water partition coefficient (Wildman–Crippen LogP) is 6.03. The molecule has 57 heavy (non-hydrogen) atoms.